The second kappa shape index (κ2) is 16.1. The van der Waals surface area contributed by atoms with Crippen molar-refractivity contribution in [2.24, 2.45) is 5.73 Å². The Labute approximate surface area is 279 Å². The first kappa shape index (κ1) is 35.9. The quantitative estimate of drug-likeness (QED) is 0.137. The maximum atomic E-state index is 13.3. The fourth-order valence-corrected chi connectivity index (χ4v) is 4.62. The van der Waals surface area contributed by atoms with Gasteiger partial charge in [0.15, 0.2) is 5.75 Å². The molecule has 0 aliphatic carbocycles. The number of nitrogens with one attached hydrogen (secondary N) is 2. The molecule has 2 atom stereocenters. The number of aliphatic carboxylic acids is 1. The van der Waals surface area contributed by atoms with Crippen LogP contribution in [0.4, 0.5) is 0 Å². The third-order valence-electron chi connectivity index (χ3n) is 6.67. The summed E-state index contributed by atoms with van der Waals surface area (Å²) < 4.78 is 0.693. The van der Waals surface area contributed by atoms with Gasteiger partial charge in [0.25, 0.3) is 17.4 Å². The summed E-state index contributed by atoms with van der Waals surface area (Å²) in [5.41, 5.74) is 5.00. The lowest BCUT2D eigenvalue weighted by molar-refractivity contribution is -0.135. The lowest BCUT2D eigenvalue weighted by atomic mass is 10.1. The number of carbonyl (C=O) groups excluding carboxylic acids is 2. The molecule has 2 amide bonds. The molecule has 1 heterocycles. The molecule has 3 aromatic carbocycles. The zero-order chi connectivity index (χ0) is 34.1. The molecule has 0 fully saturated rings. The number of carboxylic acid groups (broad SMARTS) is 1. The van der Waals surface area contributed by atoms with Crippen molar-refractivity contribution < 1.29 is 29.7 Å². The van der Waals surface area contributed by atoms with E-state index in [9.17, 15) is 29.4 Å². The number of amides is 2. The molecule has 1 aromatic heterocycles. The molecular formula is C32H31Cl3N4O7. The Bertz CT molecular complexity index is 1780. The fraction of sp³-hybridized carbons (Fsp3) is 0.188. The second-order valence-corrected chi connectivity index (χ2v) is 11.3. The highest BCUT2D eigenvalue weighted by molar-refractivity contribution is 6.31. The number of aromatic nitrogens is 1. The Balaban J connectivity index is 0.000000489. The van der Waals surface area contributed by atoms with Gasteiger partial charge in [-0.15, -0.1) is 0 Å². The van der Waals surface area contributed by atoms with E-state index < -0.39 is 58.7 Å². The highest BCUT2D eigenvalue weighted by Crippen LogP contribution is 2.30. The van der Waals surface area contributed by atoms with Gasteiger partial charge in [0.05, 0.1) is 12.6 Å². The SMILES string of the molecule is C[C@H](N)c1ccc(Cl)cc1.C[C@H](NC(=O)c1c(O)c(C(=O)NCC(=O)O)c(O)n(Cc2ccccc2Cl)c1=O)c1ccc(Cl)cc1. The number of carboxylic acids is 1. The monoisotopic (exact) mass is 688 g/mol. The summed E-state index contributed by atoms with van der Waals surface area (Å²) in [5.74, 6) is -5.69. The standard InChI is InChI=1S/C24H21Cl2N3O7.C8H10ClN/c1-12(13-6-8-15(25)9-7-13)28-22(34)19-20(32)18(21(33)27-10-17(30)31)23(35)29(24(19)36)11-14-4-2-3-5-16(14)26;1-6(10)7-2-4-8(9)5-3-7/h2-9,12,32,35H,10-11H2,1H3,(H,27,33)(H,28,34)(H,30,31);2-6H,10H2,1H3/t12-;6-/m00/s1. The van der Waals surface area contributed by atoms with Gasteiger partial charge in [-0.25, -0.2) is 0 Å². The Morgan fingerprint density at radius 2 is 1.37 bits per heavy atom. The van der Waals surface area contributed by atoms with E-state index in [1.54, 1.807) is 55.5 Å². The van der Waals surface area contributed by atoms with Gasteiger partial charge in [-0.3, -0.25) is 23.7 Å². The van der Waals surface area contributed by atoms with Crippen molar-refractivity contribution in [1.82, 2.24) is 15.2 Å². The van der Waals surface area contributed by atoms with Crippen LogP contribution in [0, 0.1) is 0 Å². The number of benzene rings is 3. The highest BCUT2D eigenvalue weighted by atomic mass is 35.5. The Morgan fingerprint density at radius 3 is 1.89 bits per heavy atom. The maximum absolute atomic E-state index is 13.3. The van der Waals surface area contributed by atoms with E-state index in [0.29, 0.717) is 20.7 Å². The number of aromatic hydroxyl groups is 2. The molecule has 14 heteroatoms. The van der Waals surface area contributed by atoms with Gasteiger partial charge in [0.1, 0.15) is 17.7 Å². The van der Waals surface area contributed by atoms with Gasteiger partial charge in [0.2, 0.25) is 5.88 Å². The summed E-state index contributed by atoms with van der Waals surface area (Å²) in [6.07, 6.45) is 0. The maximum Gasteiger partial charge on any atom is 0.322 e. The first-order chi connectivity index (χ1) is 21.7. The minimum absolute atomic E-state index is 0.0947. The van der Waals surface area contributed by atoms with Gasteiger partial charge >= 0.3 is 5.97 Å². The minimum Gasteiger partial charge on any atom is -0.506 e. The average molecular weight is 690 g/mol. The lowest BCUT2D eigenvalue weighted by Gasteiger charge is -2.19. The average Bonchev–Trinajstić information content (AvgIpc) is 3.00. The van der Waals surface area contributed by atoms with E-state index in [4.69, 9.17) is 45.6 Å². The molecule has 0 saturated heterocycles. The summed E-state index contributed by atoms with van der Waals surface area (Å²) in [6.45, 7) is 2.39. The minimum atomic E-state index is -1.39. The van der Waals surface area contributed by atoms with Crippen molar-refractivity contribution in [3.63, 3.8) is 0 Å². The summed E-state index contributed by atoms with van der Waals surface area (Å²) in [5, 5.41) is 36.4. The van der Waals surface area contributed by atoms with Crippen molar-refractivity contribution in [1.29, 1.82) is 0 Å². The molecule has 242 valence electrons. The predicted molar refractivity (Wildman–Crippen MR) is 176 cm³/mol. The summed E-state index contributed by atoms with van der Waals surface area (Å²) >= 11 is 17.7. The normalized spacial score (nSPS) is 11.9. The van der Waals surface area contributed by atoms with E-state index in [-0.39, 0.29) is 17.6 Å². The van der Waals surface area contributed by atoms with Gasteiger partial charge in [-0.1, -0.05) is 77.3 Å². The molecule has 0 unspecified atom stereocenters. The Hall–Kier alpha value is -4.55. The van der Waals surface area contributed by atoms with Gasteiger partial charge in [-0.2, -0.15) is 0 Å². The number of hydrogen-bond donors (Lipinski definition) is 6. The van der Waals surface area contributed by atoms with Crippen LogP contribution in [0.2, 0.25) is 15.1 Å². The molecule has 7 N–H and O–H groups in total. The van der Waals surface area contributed by atoms with Crippen molar-refractivity contribution in [3.8, 4) is 11.6 Å². The van der Waals surface area contributed by atoms with Crippen LogP contribution in [0.5, 0.6) is 11.6 Å². The summed E-state index contributed by atoms with van der Waals surface area (Å²) in [4.78, 5) is 49.9. The van der Waals surface area contributed by atoms with Crippen molar-refractivity contribution in [3.05, 3.63) is 126 Å². The lowest BCUT2D eigenvalue weighted by Crippen LogP contribution is -2.37. The second-order valence-electron chi connectivity index (χ2n) is 10.1. The molecule has 0 aliphatic rings. The molecule has 0 aliphatic heterocycles. The van der Waals surface area contributed by atoms with Crippen LogP contribution in [0.1, 0.15) is 63.3 Å². The molecular weight excluding hydrogens is 659 g/mol. The van der Waals surface area contributed by atoms with E-state index in [1.807, 2.05) is 36.5 Å². The van der Waals surface area contributed by atoms with Crippen LogP contribution < -0.4 is 21.9 Å². The van der Waals surface area contributed by atoms with Gasteiger partial charge in [0, 0.05) is 21.1 Å². The summed E-state index contributed by atoms with van der Waals surface area (Å²) in [7, 11) is 0. The van der Waals surface area contributed by atoms with Crippen LogP contribution in [0.15, 0.2) is 77.6 Å². The van der Waals surface area contributed by atoms with Crippen LogP contribution in [-0.4, -0.2) is 44.2 Å². The van der Waals surface area contributed by atoms with Crippen molar-refractivity contribution in [2.45, 2.75) is 32.5 Å². The number of hydrogen-bond acceptors (Lipinski definition) is 7. The van der Waals surface area contributed by atoms with E-state index in [1.165, 1.54) is 0 Å². The molecule has 4 rings (SSSR count). The third kappa shape index (κ3) is 9.24. The zero-order valence-electron chi connectivity index (χ0n) is 24.6. The molecule has 4 aromatic rings. The number of halogens is 3. The highest BCUT2D eigenvalue weighted by Gasteiger charge is 2.30. The van der Waals surface area contributed by atoms with E-state index in [2.05, 4.69) is 5.32 Å². The molecule has 0 saturated carbocycles. The van der Waals surface area contributed by atoms with Gasteiger partial charge in [-0.05, 0) is 60.9 Å². The van der Waals surface area contributed by atoms with Crippen LogP contribution in [0.3, 0.4) is 0 Å². The number of rotatable bonds is 9. The molecule has 11 nitrogen and oxygen atoms in total. The molecule has 0 radical (unpaired) electrons. The predicted octanol–water partition coefficient (Wildman–Crippen LogP) is 5.28. The van der Waals surface area contributed by atoms with Crippen molar-refractivity contribution in [2.75, 3.05) is 6.54 Å². The first-order valence-electron chi connectivity index (χ1n) is 13.7. The van der Waals surface area contributed by atoms with Crippen LogP contribution in [0.25, 0.3) is 0 Å². The Morgan fingerprint density at radius 1 is 0.826 bits per heavy atom. The smallest absolute Gasteiger partial charge is 0.322 e. The number of nitrogens with zero attached hydrogens (tertiary/aromatic N) is 1. The Kier molecular flexibility index (Phi) is 12.6. The first-order valence-corrected chi connectivity index (χ1v) is 14.8. The number of carbonyl (C=O) groups is 3. The topological polar surface area (TPSA) is 184 Å². The summed E-state index contributed by atoms with van der Waals surface area (Å²) in [6, 6.07) is 19.9. The molecule has 46 heavy (non-hydrogen) atoms. The van der Waals surface area contributed by atoms with Crippen LogP contribution in [-0.2, 0) is 11.3 Å². The fourth-order valence-electron chi connectivity index (χ4n) is 4.17. The van der Waals surface area contributed by atoms with Crippen LogP contribution >= 0.6 is 34.8 Å². The van der Waals surface area contributed by atoms with Gasteiger partial charge < -0.3 is 31.7 Å². The number of nitrogens with two attached hydrogens (primary N) is 1. The third-order valence-corrected chi connectivity index (χ3v) is 7.54. The number of pyridine rings is 1. The largest absolute Gasteiger partial charge is 0.506 e. The van der Waals surface area contributed by atoms with Crippen molar-refractivity contribution >= 4 is 52.6 Å². The van der Waals surface area contributed by atoms with E-state index in [0.717, 1.165) is 10.6 Å². The molecule has 0 spiro atoms. The zero-order valence-corrected chi connectivity index (χ0v) is 26.9. The molecule has 0 bridgehead atoms. The van der Waals surface area contributed by atoms with E-state index >= 15 is 0 Å².